The Balaban J connectivity index is 1.63. The average Bonchev–Trinajstić information content (AvgIpc) is 2.90. The van der Waals surface area contributed by atoms with Gasteiger partial charge in [-0.1, -0.05) is 37.8 Å². The first kappa shape index (κ1) is 15.3. The second kappa shape index (κ2) is 7.59. The Bertz CT molecular complexity index is 477. The molecule has 0 bridgehead atoms. The van der Waals surface area contributed by atoms with Crippen LogP contribution in [0.5, 0.6) is 0 Å². The molecular formula is C17H23NOS2. The molecule has 1 N–H and O–H groups in total. The molecule has 21 heavy (non-hydrogen) atoms. The quantitative estimate of drug-likeness (QED) is 0.788. The van der Waals surface area contributed by atoms with E-state index in [1.165, 1.54) is 42.8 Å². The van der Waals surface area contributed by atoms with E-state index in [0.717, 1.165) is 18.5 Å². The summed E-state index contributed by atoms with van der Waals surface area (Å²) < 4.78 is 0.541. The van der Waals surface area contributed by atoms with Crippen LogP contribution in [0, 0.1) is 5.92 Å². The van der Waals surface area contributed by atoms with Crippen molar-refractivity contribution in [1.29, 1.82) is 0 Å². The van der Waals surface area contributed by atoms with Crippen molar-refractivity contribution in [1.82, 2.24) is 0 Å². The molecule has 2 nitrogen and oxygen atoms in total. The van der Waals surface area contributed by atoms with Crippen molar-refractivity contribution in [2.75, 3.05) is 16.8 Å². The molecule has 0 aromatic heterocycles. The number of hydrogen-bond acceptors (Lipinski definition) is 3. The monoisotopic (exact) mass is 321 g/mol. The third-order valence-corrected chi connectivity index (χ3v) is 7.38. The van der Waals surface area contributed by atoms with Gasteiger partial charge in [-0.3, -0.25) is 4.79 Å². The Hall–Kier alpha value is -0.610. The summed E-state index contributed by atoms with van der Waals surface area (Å²) in [6.45, 7) is 0. The van der Waals surface area contributed by atoms with Crippen LogP contribution < -0.4 is 5.32 Å². The van der Waals surface area contributed by atoms with Gasteiger partial charge in [-0.2, -0.15) is 0 Å². The number of thioether (sulfide) groups is 2. The van der Waals surface area contributed by atoms with Crippen molar-refractivity contribution in [2.24, 2.45) is 5.92 Å². The predicted octanol–water partition coefficient (Wildman–Crippen LogP) is 5.07. The predicted molar refractivity (Wildman–Crippen MR) is 93.9 cm³/mol. The molecule has 2 aliphatic rings. The number of benzene rings is 1. The van der Waals surface area contributed by atoms with Gasteiger partial charge in [-0.05, 0) is 30.5 Å². The van der Waals surface area contributed by atoms with E-state index in [9.17, 15) is 4.79 Å². The van der Waals surface area contributed by atoms with Crippen molar-refractivity contribution >= 4 is 35.1 Å². The molecule has 3 rings (SSSR count). The summed E-state index contributed by atoms with van der Waals surface area (Å²) in [6, 6.07) is 8.42. The van der Waals surface area contributed by atoms with E-state index in [1.807, 2.05) is 29.6 Å². The highest BCUT2D eigenvalue weighted by molar-refractivity contribution is 8.19. The second-order valence-corrected chi connectivity index (χ2v) is 8.60. The zero-order valence-corrected chi connectivity index (χ0v) is 14.0. The number of rotatable bonds is 3. The molecule has 4 heteroatoms. The average molecular weight is 322 g/mol. The van der Waals surface area contributed by atoms with Gasteiger partial charge in [0.1, 0.15) is 0 Å². The highest BCUT2D eigenvalue weighted by Crippen LogP contribution is 2.45. The molecule has 0 unspecified atom stereocenters. The maximum atomic E-state index is 12.4. The van der Waals surface area contributed by atoms with Crippen LogP contribution in [0.4, 0.5) is 5.69 Å². The fourth-order valence-electron chi connectivity index (χ4n) is 3.10. The van der Waals surface area contributed by atoms with Crippen LogP contribution in [-0.2, 0) is 4.79 Å². The minimum absolute atomic E-state index is 0.214. The number of hydrogen-bond donors (Lipinski definition) is 1. The minimum Gasteiger partial charge on any atom is -0.326 e. The first-order valence-electron chi connectivity index (χ1n) is 7.97. The molecule has 0 atom stereocenters. The van der Waals surface area contributed by atoms with Gasteiger partial charge in [0.2, 0.25) is 5.91 Å². The summed E-state index contributed by atoms with van der Waals surface area (Å²) in [4.78, 5) is 12.4. The zero-order valence-electron chi connectivity index (χ0n) is 12.3. The second-order valence-electron chi connectivity index (χ2n) is 5.88. The first-order valence-corrected chi connectivity index (χ1v) is 10.1. The van der Waals surface area contributed by atoms with E-state index in [1.54, 1.807) is 0 Å². The fourth-order valence-corrected chi connectivity index (χ4v) is 5.94. The SMILES string of the molecule is O=C(Nc1cccc(C2SCCS2)c1)C1CCCCCC1. The maximum absolute atomic E-state index is 12.4. The van der Waals surface area contributed by atoms with Crippen LogP contribution in [0.3, 0.4) is 0 Å². The van der Waals surface area contributed by atoms with Crippen molar-refractivity contribution < 1.29 is 4.79 Å². The van der Waals surface area contributed by atoms with Crippen LogP contribution in [-0.4, -0.2) is 17.4 Å². The highest BCUT2D eigenvalue weighted by atomic mass is 32.2. The molecule has 1 aliphatic carbocycles. The summed E-state index contributed by atoms with van der Waals surface area (Å²) in [6.07, 6.45) is 7.09. The molecular weight excluding hydrogens is 298 g/mol. The van der Waals surface area contributed by atoms with Gasteiger partial charge in [0.05, 0.1) is 4.58 Å². The molecule has 0 spiro atoms. The molecule has 1 saturated carbocycles. The summed E-state index contributed by atoms with van der Waals surface area (Å²) >= 11 is 4.01. The molecule has 114 valence electrons. The standard InChI is InChI=1S/C17H23NOS2/c19-16(13-6-3-1-2-4-7-13)18-15-9-5-8-14(12-15)17-20-10-11-21-17/h5,8-9,12-13,17H,1-4,6-7,10-11H2,(H,18,19). The summed E-state index contributed by atoms with van der Waals surface area (Å²) in [5, 5.41) is 3.15. The van der Waals surface area contributed by atoms with Gasteiger partial charge >= 0.3 is 0 Å². The molecule has 0 radical (unpaired) electrons. The smallest absolute Gasteiger partial charge is 0.227 e. The van der Waals surface area contributed by atoms with Gasteiger partial charge in [-0.25, -0.2) is 0 Å². The lowest BCUT2D eigenvalue weighted by molar-refractivity contribution is -0.120. The van der Waals surface area contributed by atoms with Crippen molar-refractivity contribution in [2.45, 2.75) is 43.1 Å². The third kappa shape index (κ3) is 4.19. The minimum atomic E-state index is 0.214. The Kier molecular flexibility index (Phi) is 5.53. The van der Waals surface area contributed by atoms with Crippen LogP contribution in [0.15, 0.2) is 24.3 Å². The van der Waals surface area contributed by atoms with E-state index < -0.39 is 0 Å². The lowest BCUT2D eigenvalue weighted by atomic mass is 9.99. The van der Waals surface area contributed by atoms with Crippen LogP contribution in [0.2, 0.25) is 0 Å². The lowest BCUT2D eigenvalue weighted by Crippen LogP contribution is -2.22. The Morgan fingerprint density at radius 2 is 1.76 bits per heavy atom. The van der Waals surface area contributed by atoms with Gasteiger partial charge < -0.3 is 5.32 Å². The number of carbonyl (C=O) groups excluding carboxylic acids is 1. The number of carbonyl (C=O) groups is 1. The lowest BCUT2D eigenvalue weighted by Gasteiger charge is -2.15. The molecule has 1 saturated heterocycles. The highest BCUT2D eigenvalue weighted by Gasteiger charge is 2.21. The molecule has 1 heterocycles. The van der Waals surface area contributed by atoms with Gasteiger partial charge in [0.15, 0.2) is 0 Å². The van der Waals surface area contributed by atoms with Crippen LogP contribution in [0.25, 0.3) is 0 Å². The van der Waals surface area contributed by atoms with E-state index in [4.69, 9.17) is 0 Å². The number of anilines is 1. The molecule has 1 aromatic carbocycles. The summed E-state index contributed by atoms with van der Waals surface area (Å²) in [5.41, 5.74) is 2.30. The summed E-state index contributed by atoms with van der Waals surface area (Å²) in [7, 11) is 0. The summed E-state index contributed by atoms with van der Waals surface area (Å²) in [5.74, 6) is 2.90. The van der Waals surface area contributed by atoms with Gasteiger partial charge in [0.25, 0.3) is 0 Å². The topological polar surface area (TPSA) is 29.1 Å². The van der Waals surface area contributed by atoms with E-state index >= 15 is 0 Å². The van der Waals surface area contributed by atoms with E-state index in [-0.39, 0.29) is 11.8 Å². The third-order valence-electron chi connectivity index (χ3n) is 4.27. The number of amides is 1. The van der Waals surface area contributed by atoms with Crippen LogP contribution in [0.1, 0.15) is 48.7 Å². The van der Waals surface area contributed by atoms with Crippen LogP contribution >= 0.6 is 23.5 Å². The van der Waals surface area contributed by atoms with E-state index in [0.29, 0.717) is 4.58 Å². The normalized spacial score (nSPS) is 21.1. The Labute approximate surface area is 135 Å². The maximum Gasteiger partial charge on any atom is 0.227 e. The Morgan fingerprint density at radius 1 is 1.05 bits per heavy atom. The molecule has 2 fully saturated rings. The van der Waals surface area contributed by atoms with Crippen molar-refractivity contribution in [3.05, 3.63) is 29.8 Å². The van der Waals surface area contributed by atoms with E-state index in [2.05, 4.69) is 23.5 Å². The largest absolute Gasteiger partial charge is 0.326 e. The van der Waals surface area contributed by atoms with Gasteiger partial charge in [-0.15, -0.1) is 23.5 Å². The zero-order chi connectivity index (χ0) is 14.5. The van der Waals surface area contributed by atoms with Crippen molar-refractivity contribution in [3.63, 3.8) is 0 Å². The molecule has 1 aliphatic heterocycles. The Morgan fingerprint density at radius 3 is 2.48 bits per heavy atom. The molecule has 1 aromatic rings. The fraction of sp³-hybridized carbons (Fsp3) is 0.588. The first-order chi connectivity index (χ1) is 10.3. The van der Waals surface area contributed by atoms with Crippen molar-refractivity contribution in [3.8, 4) is 0 Å². The van der Waals surface area contributed by atoms with Gasteiger partial charge in [0, 0.05) is 23.1 Å². The number of nitrogens with one attached hydrogen (secondary N) is 1. The molecule has 1 amide bonds.